The van der Waals surface area contributed by atoms with Gasteiger partial charge in [-0.05, 0) is 46.6 Å². The van der Waals surface area contributed by atoms with Crippen LogP contribution < -0.4 is 10.9 Å². The van der Waals surface area contributed by atoms with Crippen LogP contribution in [0.1, 0.15) is 40.5 Å². The standard InChI is InChI=1S/C14H24N2O4/c1-5-19-13(17)15-16-14(18)20-10-9-12(4)8-6-7-11(2)3/h7,9H,5-6,8,10H2,1-4H3,(H,15,17)(H,16,18)/b12-9+. The Labute approximate surface area is 120 Å². The number of hydrazine groups is 1. The molecule has 20 heavy (non-hydrogen) atoms. The van der Waals surface area contributed by atoms with Crippen LogP contribution in [0.25, 0.3) is 0 Å². The molecule has 0 heterocycles. The lowest BCUT2D eigenvalue weighted by Gasteiger charge is -2.07. The third-order valence-corrected chi connectivity index (χ3v) is 2.28. The van der Waals surface area contributed by atoms with Crippen LogP contribution in [0.5, 0.6) is 0 Å². The van der Waals surface area contributed by atoms with Crippen LogP contribution in [0.15, 0.2) is 23.3 Å². The summed E-state index contributed by atoms with van der Waals surface area (Å²) in [7, 11) is 0. The van der Waals surface area contributed by atoms with Gasteiger partial charge in [0, 0.05) is 0 Å². The fourth-order valence-corrected chi connectivity index (χ4v) is 1.26. The lowest BCUT2D eigenvalue weighted by molar-refractivity contribution is 0.132. The zero-order valence-corrected chi connectivity index (χ0v) is 12.6. The molecule has 0 aromatic heterocycles. The zero-order chi connectivity index (χ0) is 15.4. The fraction of sp³-hybridized carbons (Fsp3) is 0.571. The van der Waals surface area contributed by atoms with Crippen molar-refractivity contribution in [3.05, 3.63) is 23.3 Å². The number of allylic oxidation sites excluding steroid dienone is 3. The number of rotatable bonds is 6. The molecular formula is C14H24N2O4. The van der Waals surface area contributed by atoms with E-state index in [4.69, 9.17) is 4.74 Å². The Bertz CT molecular complexity index is 371. The molecule has 0 saturated heterocycles. The van der Waals surface area contributed by atoms with E-state index in [1.165, 1.54) is 5.57 Å². The highest BCUT2D eigenvalue weighted by Gasteiger charge is 2.03. The number of carbonyl (C=O) groups excluding carboxylic acids is 2. The highest BCUT2D eigenvalue weighted by atomic mass is 16.6. The van der Waals surface area contributed by atoms with Crippen molar-refractivity contribution in [3.63, 3.8) is 0 Å². The Balaban J connectivity index is 3.78. The summed E-state index contributed by atoms with van der Waals surface area (Å²) in [6.45, 7) is 8.16. The van der Waals surface area contributed by atoms with Crippen molar-refractivity contribution in [3.8, 4) is 0 Å². The molecule has 2 amide bonds. The minimum atomic E-state index is -0.730. The molecule has 6 heteroatoms. The molecule has 114 valence electrons. The average Bonchev–Trinajstić information content (AvgIpc) is 2.36. The highest BCUT2D eigenvalue weighted by Crippen LogP contribution is 2.06. The molecule has 0 aromatic carbocycles. The number of hydrogen-bond acceptors (Lipinski definition) is 4. The largest absolute Gasteiger partial charge is 0.449 e. The monoisotopic (exact) mass is 284 g/mol. The molecule has 0 saturated carbocycles. The lowest BCUT2D eigenvalue weighted by atomic mass is 10.1. The van der Waals surface area contributed by atoms with E-state index in [0.29, 0.717) is 0 Å². The summed E-state index contributed by atoms with van der Waals surface area (Å²) in [6.07, 6.45) is 4.44. The third-order valence-electron chi connectivity index (χ3n) is 2.28. The molecule has 0 spiro atoms. The molecule has 0 bridgehead atoms. The summed E-state index contributed by atoms with van der Waals surface area (Å²) < 4.78 is 9.42. The summed E-state index contributed by atoms with van der Waals surface area (Å²) in [5.41, 5.74) is 6.57. The van der Waals surface area contributed by atoms with Crippen molar-refractivity contribution >= 4 is 12.2 Å². The summed E-state index contributed by atoms with van der Waals surface area (Å²) in [5.74, 6) is 0. The summed E-state index contributed by atoms with van der Waals surface area (Å²) in [6, 6.07) is 0. The highest BCUT2D eigenvalue weighted by molar-refractivity contribution is 5.73. The van der Waals surface area contributed by atoms with Crippen molar-refractivity contribution in [2.45, 2.75) is 40.5 Å². The smallest absolute Gasteiger partial charge is 0.426 e. The first-order chi connectivity index (χ1) is 9.45. The molecule has 0 unspecified atom stereocenters. The SMILES string of the molecule is CCOC(=O)NNC(=O)OC/C=C(\C)CCC=C(C)C. The molecular weight excluding hydrogens is 260 g/mol. The van der Waals surface area contributed by atoms with Gasteiger partial charge in [0.2, 0.25) is 0 Å². The van der Waals surface area contributed by atoms with E-state index >= 15 is 0 Å². The quantitative estimate of drug-likeness (QED) is 0.580. The Morgan fingerprint density at radius 2 is 1.60 bits per heavy atom. The van der Waals surface area contributed by atoms with Crippen molar-refractivity contribution in [1.82, 2.24) is 10.9 Å². The van der Waals surface area contributed by atoms with Crippen LogP contribution in [0.4, 0.5) is 9.59 Å². The zero-order valence-electron chi connectivity index (χ0n) is 12.6. The molecule has 0 aliphatic heterocycles. The molecule has 2 N–H and O–H groups in total. The van der Waals surface area contributed by atoms with E-state index < -0.39 is 12.2 Å². The molecule has 0 aromatic rings. The van der Waals surface area contributed by atoms with Gasteiger partial charge in [-0.25, -0.2) is 20.4 Å². The number of carbonyl (C=O) groups is 2. The number of hydrogen-bond donors (Lipinski definition) is 2. The van der Waals surface area contributed by atoms with E-state index in [1.807, 2.05) is 13.0 Å². The molecule has 6 nitrogen and oxygen atoms in total. The molecule has 0 aliphatic carbocycles. The van der Waals surface area contributed by atoms with Gasteiger partial charge < -0.3 is 9.47 Å². The van der Waals surface area contributed by atoms with Crippen molar-refractivity contribution in [2.75, 3.05) is 13.2 Å². The van der Waals surface area contributed by atoms with Gasteiger partial charge in [-0.2, -0.15) is 0 Å². The van der Waals surface area contributed by atoms with E-state index in [2.05, 4.69) is 35.5 Å². The maximum atomic E-state index is 11.2. The van der Waals surface area contributed by atoms with Gasteiger partial charge in [-0.3, -0.25) is 0 Å². The molecule has 0 radical (unpaired) electrons. The van der Waals surface area contributed by atoms with Crippen LogP contribution >= 0.6 is 0 Å². The van der Waals surface area contributed by atoms with Gasteiger partial charge in [0.1, 0.15) is 6.61 Å². The van der Waals surface area contributed by atoms with E-state index in [9.17, 15) is 9.59 Å². The predicted molar refractivity (Wildman–Crippen MR) is 77.1 cm³/mol. The molecule has 0 atom stereocenters. The lowest BCUT2D eigenvalue weighted by Crippen LogP contribution is -2.42. The maximum absolute atomic E-state index is 11.2. The number of nitrogens with one attached hydrogen (secondary N) is 2. The summed E-state index contributed by atoms with van der Waals surface area (Å²) in [4.78, 5) is 22.1. The topological polar surface area (TPSA) is 76.7 Å². The Morgan fingerprint density at radius 1 is 1.00 bits per heavy atom. The van der Waals surface area contributed by atoms with E-state index in [1.54, 1.807) is 6.92 Å². The Hall–Kier alpha value is -1.98. The minimum Gasteiger partial charge on any atom is -0.449 e. The second-order valence-corrected chi connectivity index (χ2v) is 4.44. The first-order valence-electron chi connectivity index (χ1n) is 6.60. The van der Waals surface area contributed by atoms with Crippen molar-refractivity contribution in [1.29, 1.82) is 0 Å². The van der Waals surface area contributed by atoms with E-state index in [-0.39, 0.29) is 13.2 Å². The van der Waals surface area contributed by atoms with Crippen LogP contribution in [-0.4, -0.2) is 25.4 Å². The third kappa shape index (κ3) is 11.1. The summed E-state index contributed by atoms with van der Waals surface area (Å²) in [5, 5.41) is 0. The first kappa shape index (κ1) is 18.0. The second-order valence-electron chi connectivity index (χ2n) is 4.44. The van der Waals surface area contributed by atoms with Gasteiger partial charge in [-0.15, -0.1) is 0 Å². The molecule has 0 aliphatic rings. The van der Waals surface area contributed by atoms with Gasteiger partial charge in [0.15, 0.2) is 0 Å². The number of amides is 2. The second kappa shape index (κ2) is 10.9. The van der Waals surface area contributed by atoms with E-state index in [0.717, 1.165) is 18.4 Å². The van der Waals surface area contributed by atoms with Gasteiger partial charge in [-0.1, -0.05) is 17.2 Å². The van der Waals surface area contributed by atoms with Crippen molar-refractivity contribution < 1.29 is 19.1 Å². The normalized spacial score (nSPS) is 10.5. The summed E-state index contributed by atoms with van der Waals surface area (Å²) >= 11 is 0. The van der Waals surface area contributed by atoms with Crippen LogP contribution in [0.2, 0.25) is 0 Å². The Kier molecular flexibility index (Phi) is 9.82. The van der Waals surface area contributed by atoms with Crippen LogP contribution in [0, 0.1) is 0 Å². The average molecular weight is 284 g/mol. The van der Waals surface area contributed by atoms with Crippen LogP contribution in [0.3, 0.4) is 0 Å². The number of ether oxygens (including phenoxy) is 2. The first-order valence-corrected chi connectivity index (χ1v) is 6.60. The molecule has 0 rings (SSSR count). The molecule has 0 fully saturated rings. The fourth-order valence-electron chi connectivity index (χ4n) is 1.26. The van der Waals surface area contributed by atoms with Gasteiger partial charge >= 0.3 is 12.2 Å². The van der Waals surface area contributed by atoms with Crippen molar-refractivity contribution in [2.24, 2.45) is 0 Å². The van der Waals surface area contributed by atoms with Gasteiger partial charge in [0.05, 0.1) is 6.61 Å². The minimum absolute atomic E-state index is 0.164. The Morgan fingerprint density at radius 3 is 2.15 bits per heavy atom. The van der Waals surface area contributed by atoms with Gasteiger partial charge in [0.25, 0.3) is 0 Å². The maximum Gasteiger partial charge on any atom is 0.426 e. The predicted octanol–water partition coefficient (Wildman–Crippen LogP) is 3.07. The van der Waals surface area contributed by atoms with Crippen LogP contribution in [-0.2, 0) is 9.47 Å².